The number of carbonyl (C=O) groups excluding carboxylic acids is 4. The van der Waals surface area contributed by atoms with Crippen molar-refractivity contribution in [1.29, 1.82) is 5.26 Å². The van der Waals surface area contributed by atoms with Gasteiger partial charge in [-0.05, 0) is 90.4 Å². The summed E-state index contributed by atoms with van der Waals surface area (Å²) in [4.78, 5) is 59.8. The molecule has 8 rings (SSSR count). The number of rotatable bonds is 8. The maximum Gasteiger partial charge on any atom is 0.251 e. The lowest BCUT2D eigenvalue weighted by Gasteiger charge is -2.39. The number of nitriles is 1. The molecule has 0 radical (unpaired) electrons. The third-order valence-corrected chi connectivity index (χ3v) is 12.2. The van der Waals surface area contributed by atoms with Crippen molar-refractivity contribution in [3.63, 3.8) is 0 Å². The number of nitrogens with one attached hydrogen (secondary N) is 3. The zero-order valence-corrected chi connectivity index (χ0v) is 31.0. The Morgan fingerprint density at radius 3 is 2.54 bits per heavy atom. The lowest BCUT2D eigenvalue weighted by Crippen LogP contribution is -2.47. The third kappa shape index (κ3) is 5.86. The van der Waals surface area contributed by atoms with Crippen LogP contribution in [0.15, 0.2) is 42.5 Å². The summed E-state index contributed by atoms with van der Waals surface area (Å²) in [5.41, 5.74) is 9.79. The average molecular weight is 721 g/mol. The number of imide groups is 1. The van der Waals surface area contributed by atoms with Gasteiger partial charge >= 0.3 is 0 Å². The van der Waals surface area contributed by atoms with Crippen LogP contribution < -0.4 is 15.5 Å². The number of benzene rings is 3. The molecule has 4 aliphatic rings. The van der Waals surface area contributed by atoms with E-state index in [9.17, 15) is 24.4 Å². The summed E-state index contributed by atoms with van der Waals surface area (Å²) < 4.78 is 0. The number of hydrogen-bond acceptors (Lipinski definition) is 7. The van der Waals surface area contributed by atoms with E-state index in [-0.39, 0.29) is 35.8 Å². The third-order valence-electron chi connectivity index (χ3n) is 12.2. The van der Waals surface area contributed by atoms with Crippen LogP contribution in [0.4, 0.5) is 5.69 Å². The number of amides is 3. The van der Waals surface area contributed by atoms with Crippen molar-refractivity contribution in [2.75, 3.05) is 37.6 Å². The number of hydrogen-bond donors (Lipinski definition) is 3. The van der Waals surface area contributed by atoms with Crippen molar-refractivity contribution in [3.05, 3.63) is 98.2 Å². The maximum atomic E-state index is 14.1. The zero-order chi connectivity index (χ0) is 37.9. The molecule has 10 nitrogen and oxygen atoms in total. The average Bonchev–Trinajstić information content (AvgIpc) is 3.76. The van der Waals surface area contributed by atoms with Gasteiger partial charge in [-0.25, -0.2) is 0 Å². The first-order valence-electron chi connectivity index (χ1n) is 19.0. The van der Waals surface area contributed by atoms with Gasteiger partial charge in [-0.2, -0.15) is 5.26 Å². The van der Waals surface area contributed by atoms with Crippen LogP contribution in [0.2, 0.25) is 0 Å². The van der Waals surface area contributed by atoms with Crippen LogP contribution in [-0.2, 0) is 28.0 Å². The van der Waals surface area contributed by atoms with Crippen LogP contribution in [0.1, 0.15) is 124 Å². The van der Waals surface area contributed by atoms with E-state index < -0.39 is 11.3 Å². The van der Waals surface area contributed by atoms with Gasteiger partial charge in [-0.3, -0.25) is 29.4 Å². The molecule has 2 fully saturated rings. The molecule has 1 aliphatic carbocycles. The number of carbonyl (C=O) groups is 4. The first-order valence-corrected chi connectivity index (χ1v) is 19.0. The number of H-pyrrole nitrogens is 1. The SMILES string of the molecule is C#CC(CCCN1CCN(c2cc3c(cc2CC)C(=O)c2c([nH]c4cc(C#N)ccc24)C3(C)C)CC1)c1cc(C2CCC(=O)NC2=O)cc2c1CNC2=O. The quantitative estimate of drug-likeness (QED) is 0.160. The molecule has 1 aromatic heterocycles. The van der Waals surface area contributed by atoms with E-state index in [2.05, 4.69) is 70.3 Å². The first-order chi connectivity index (χ1) is 26.0. The van der Waals surface area contributed by atoms with E-state index in [1.54, 1.807) is 12.1 Å². The van der Waals surface area contributed by atoms with Gasteiger partial charge in [0.05, 0.1) is 23.1 Å². The molecule has 3 amide bonds. The number of piperidine rings is 1. The molecular formula is C44H44N6O4. The van der Waals surface area contributed by atoms with E-state index in [0.29, 0.717) is 29.7 Å². The summed E-state index contributed by atoms with van der Waals surface area (Å²) >= 11 is 0. The highest BCUT2D eigenvalue weighted by atomic mass is 16.2. The molecule has 2 saturated heterocycles. The number of aromatic amines is 1. The van der Waals surface area contributed by atoms with Crippen LogP contribution in [0.3, 0.4) is 0 Å². The molecule has 54 heavy (non-hydrogen) atoms. The van der Waals surface area contributed by atoms with Gasteiger partial charge in [0, 0.05) is 83.9 Å². The van der Waals surface area contributed by atoms with Gasteiger partial charge in [-0.1, -0.05) is 38.8 Å². The van der Waals surface area contributed by atoms with Crippen molar-refractivity contribution >= 4 is 40.1 Å². The second-order valence-electron chi connectivity index (χ2n) is 15.6. The van der Waals surface area contributed by atoms with Gasteiger partial charge in [0.1, 0.15) is 0 Å². The number of fused-ring (bicyclic) bond motifs is 5. The molecule has 10 heteroatoms. The fourth-order valence-electron chi connectivity index (χ4n) is 9.12. The molecule has 0 spiro atoms. The Hall–Kier alpha value is -5.71. The Balaban J connectivity index is 0.958. The van der Waals surface area contributed by atoms with Crippen LogP contribution in [0.5, 0.6) is 0 Å². The summed E-state index contributed by atoms with van der Waals surface area (Å²) in [7, 11) is 0. The fraction of sp³-hybridized carbons (Fsp3) is 0.386. The van der Waals surface area contributed by atoms with E-state index in [1.165, 1.54) is 11.3 Å². The summed E-state index contributed by atoms with van der Waals surface area (Å²) in [6.45, 7) is 11.3. The highest BCUT2D eigenvalue weighted by molar-refractivity contribution is 6.20. The fourth-order valence-corrected chi connectivity index (χ4v) is 9.12. The smallest absolute Gasteiger partial charge is 0.251 e. The lowest BCUT2D eigenvalue weighted by atomic mass is 9.70. The molecule has 2 unspecified atom stereocenters. The summed E-state index contributed by atoms with van der Waals surface area (Å²) in [5.74, 6) is 1.56. The summed E-state index contributed by atoms with van der Waals surface area (Å²) in [5, 5.41) is 15.7. The largest absolute Gasteiger partial charge is 0.369 e. The standard InChI is InChI=1S/C44H44N6O4/c1-5-26(31-20-28(21-32-34(31)24-46-42(32)53)29-11-12-38(51)48-43(29)54)8-7-13-49-14-16-50(17-15-49)37-22-35-33(19-27(37)6-2)40(52)39-30-10-9-25(23-45)18-36(30)47-41(39)44(35,3)4/h1,9-10,18-22,26,29,47H,6-8,11-17,24H2,2-4H3,(H,46,53)(H,48,51,54). The predicted octanol–water partition coefficient (Wildman–Crippen LogP) is 5.56. The van der Waals surface area contributed by atoms with Crippen LogP contribution in [0, 0.1) is 23.7 Å². The maximum absolute atomic E-state index is 14.1. The molecule has 3 N–H and O–H groups in total. The molecule has 4 heterocycles. The number of aryl methyl sites for hydroxylation is 1. The molecule has 0 bridgehead atoms. The molecule has 3 aromatic carbocycles. The van der Waals surface area contributed by atoms with Crippen LogP contribution in [-0.4, -0.2) is 66.1 Å². The normalized spacial score (nSPS) is 19.7. The van der Waals surface area contributed by atoms with E-state index in [1.807, 2.05) is 18.2 Å². The summed E-state index contributed by atoms with van der Waals surface area (Å²) in [6, 6.07) is 15.8. The monoisotopic (exact) mass is 720 g/mol. The van der Waals surface area contributed by atoms with E-state index in [4.69, 9.17) is 6.42 Å². The number of aromatic nitrogens is 1. The van der Waals surface area contributed by atoms with Gasteiger partial charge in [-0.15, -0.1) is 6.42 Å². The van der Waals surface area contributed by atoms with Crippen molar-refractivity contribution in [3.8, 4) is 18.4 Å². The minimum atomic E-state index is -0.491. The second-order valence-corrected chi connectivity index (χ2v) is 15.6. The number of terminal acetylenes is 1. The van der Waals surface area contributed by atoms with Gasteiger partial charge < -0.3 is 15.2 Å². The molecule has 3 aliphatic heterocycles. The van der Waals surface area contributed by atoms with E-state index >= 15 is 0 Å². The molecule has 4 aromatic rings. The minimum absolute atomic E-state index is 0.0298. The second kappa shape index (κ2) is 13.6. The highest BCUT2D eigenvalue weighted by Gasteiger charge is 2.41. The van der Waals surface area contributed by atoms with Crippen LogP contribution in [0.25, 0.3) is 10.9 Å². The molecular weight excluding hydrogens is 677 g/mol. The molecule has 0 saturated carbocycles. The number of ketones is 1. The Bertz CT molecular complexity index is 2350. The number of piperazine rings is 1. The van der Waals surface area contributed by atoms with Gasteiger partial charge in [0.25, 0.3) is 5.91 Å². The Kier molecular flexibility index (Phi) is 8.90. The highest BCUT2D eigenvalue weighted by Crippen LogP contribution is 2.46. The topological polar surface area (TPSA) is 138 Å². The molecule has 274 valence electrons. The Morgan fingerprint density at radius 1 is 1.02 bits per heavy atom. The zero-order valence-electron chi connectivity index (χ0n) is 31.0. The number of nitrogens with zero attached hydrogens (tertiary/aromatic N) is 3. The van der Waals surface area contributed by atoms with Crippen molar-refractivity contribution < 1.29 is 19.2 Å². The van der Waals surface area contributed by atoms with E-state index in [0.717, 1.165) is 96.4 Å². The lowest BCUT2D eigenvalue weighted by molar-refractivity contribution is -0.134. The Labute approximate surface area is 315 Å². The Morgan fingerprint density at radius 2 is 1.81 bits per heavy atom. The van der Waals surface area contributed by atoms with Crippen molar-refractivity contribution in [2.24, 2.45) is 0 Å². The number of anilines is 1. The molecule has 2 atom stereocenters. The van der Waals surface area contributed by atoms with Gasteiger partial charge in [0.2, 0.25) is 11.8 Å². The minimum Gasteiger partial charge on any atom is -0.369 e. The van der Waals surface area contributed by atoms with Crippen molar-refractivity contribution in [1.82, 2.24) is 20.5 Å². The first kappa shape index (κ1) is 35.3. The van der Waals surface area contributed by atoms with Crippen LogP contribution >= 0.6 is 0 Å². The predicted molar refractivity (Wildman–Crippen MR) is 207 cm³/mol. The van der Waals surface area contributed by atoms with Crippen molar-refractivity contribution in [2.45, 2.75) is 76.7 Å². The van der Waals surface area contributed by atoms with Gasteiger partial charge in [0.15, 0.2) is 5.78 Å². The summed E-state index contributed by atoms with van der Waals surface area (Å²) in [6.07, 6.45) is 9.25.